The van der Waals surface area contributed by atoms with Gasteiger partial charge in [0.15, 0.2) is 0 Å². The van der Waals surface area contributed by atoms with Gasteiger partial charge in [-0.1, -0.05) is 17.7 Å². The Morgan fingerprint density at radius 2 is 1.58 bits per heavy atom. The number of nitrogens with one attached hydrogen (secondary N) is 1. The maximum absolute atomic E-state index is 13.9. The van der Waals surface area contributed by atoms with Crippen LogP contribution in [-0.2, 0) is 12.4 Å². The highest BCUT2D eigenvalue weighted by Crippen LogP contribution is 2.38. The third-order valence-electron chi connectivity index (χ3n) is 7.46. The first-order valence-electron chi connectivity index (χ1n) is 12.2. The van der Waals surface area contributed by atoms with E-state index in [2.05, 4.69) is 10.2 Å². The molecule has 0 aromatic heterocycles. The number of carbonyl (C=O) groups is 1. The summed E-state index contributed by atoms with van der Waals surface area (Å²) in [5, 5.41) is 3.19. The van der Waals surface area contributed by atoms with Crippen molar-refractivity contribution in [1.29, 1.82) is 0 Å². The molecule has 2 heterocycles. The normalized spacial score (nSPS) is 21.9. The van der Waals surface area contributed by atoms with Crippen molar-refractivity contribution in [2.24, 2.45) is 0 Å². The molecule has 38 heavy (non-hydrogen) atoms. The van der Waals surface area contributed by atoms with Crippen LogP contribution in [-0.4, -0.2) is 61.0 Å². The van der Waals surface area contributed by atoms with Crippen LogP contribution in [0.1, 0.15) is 52.2 Å². The lowest BCUT2D eigenvalue weighted by Gasteiger charge is -2.46. The van der Waals surface area contributed by atoms with E-state index in [1.807, 2.05) is 0 Å². The summed E-state index contributed by atoms with van der Waals surface area (Å²) in [4.78, 5) is 16.9. The van der Waals surface area contributed by atoms with Gasteiger partial charge in [0.2, 0.25) is 0 Å². The smallest absolute Gasteiger partial charge is 0.338 e. The number of likely N-dealkylation sites (N-methyl/N-ethyl adjacent to an activating group) is 1. The number of rotatable bonds is 4. The van der Waals surface area contributed by atoms with E-state index in [0.717, 1.165) is 25.9 Å². The first-order chi connectivity index (χ1) is 17.8. The van der Waals surface area contributed by atoms with Crippen LogP contribution in [0.2, 0.25) is 5.02 Å². The summed E-state index contributed by atoms with van der Waals surface area (Å²) in [6.07, 6.45) is -7.87. The standard InChI is InChI=1S/C26H27ClF7N3O/c1-36(24(38)16-10-17(25(29,30)31)13-18(11-16)26(32,33)34)23-6-9-37(19-4-7-35-8-5-19)14-20(23)15-2-3-22(28)21(27)12-15/h2-3,10-13,19-20,23,35H,4-9,14H2,1H3. The summed E-state index contributed by atoms with van der Waals surface area (Å²) in [5.41, 5.74) is -3.16. The quantitative estimate of drug-likeness (QED) is 0.449. The van der Waals surface area contributed by atoms with Crippen molar-refractivity contribution in [2.75, 3.05) is 33.2 Å². The molecule has 4 nitrogen and oxygen atoms in total. The highest BCUT2D eigenvalue weighted by atomic mass is 35.5. The predicted molar refractivity (Wildman–Crippen MR) is 129 cm³/mol. The summed E-state index contributed by atoms with van der Waals surface area (Å²) in [5.74, 6) is -1.97. The molecular weight excluding hydrogens is 539 g/mol. The van der Waals surface area contributed by atoms with E-state index in [0.29, 0.717) is 37.2 Å². The molecule has 2 saturated heterocycles. The van der Waals surface area contributed by atoms with E-state index in [9.17, 15) is 35.5 Å². The fraction of sp³-hybridized carbons (Fsp3) is 0.500. The molecule has 0 bridgehead atoms. The Morgan fingerprint density at radius 1 is 0.974 bits per heavy atom. The van der Waals surface area contributed by atoms with E-state index in [4.69, 9.17) is 11.6 Å². The topological polar surface area (TPSA) is 35.6 Å². The van der Waals surface area contributed by atoms with Crippen LogP contribution >= 0.6 is 11.6 Å². The molecule has 0 spiro atoms. The van der Waals surface area contributed by atoms with Gasteiger partial charge in [-0.2, -0.15) is 26.3 Å². The average molecular weight is 566 g/mol. The first-order valence-corrected chi connectivity index (χ1v) is 12.6. The minimum Gasteiger partial charge on any atom is -0.338 e. The van der Waals surface area contributed by atoms with Crippen molar-refractivity contribution in [3.05, 3.63) is 69.5 Å². The third-order valence-corrected chi connectivity index (χ3v) is 7.75. The molecule has 1 N–H and O–H groups in total. The summed E-state index contributed by atoms with van der Waals surface area (Å²) in [7, 11) is 1.37. The van der Waals surface area contributed by atoms with Gasteiger partial charge < -0.3 is 10.2 Å². The molecule has 2 aliphatic heterocycles. The lowest BCUT2D eigenvalue weighted by atomic mass is 9.83. The number of hydrogen-bond donors (Lipinski definition) is 1. The molecule has 208 valence electrons. The second-order valence-electron chi connectivity index (χ2n) is 9.82. The van der Waals surface area contributed by atoms with Gasteiger partial charge in [-0.3, -0.25) is 9.69 Å². The van der Waals surface area contributed by atoms with Crippen LogP contribution < -0.4 is 5.32 Å². The van der Waals surface area contributed by atoms with Gasteiger partial charge in [0.1, 0.15) is 5.82 Å². The zero-order valence-corrected chi connectivity index (χ0v) is 21.2. The van der Waals surface area contributed by atoms with Crippen molar-refractivity contribution in [3.8, 4) is 0 Å². The number of halogens is 8. The minimum absolute atomic E-state index is 0.00237. The monoisotopic (exact) mass is 565 g/mol. The van der Waals surface area contributed by atoms with Crippen molar-refractivity contribution < 1.29 is 35.5 Å². The molecule has 2 aromatic rings. The number of carbonyl (C=O) groups excluding carboxylic acids is 1. The Hall–Kier alpha value is -2.37. The molecule has 2 aromatic carbocycles. The largest absolute Gasteiger partial charge is 0.416 e. The van der Waals surface area contributed by atoms with Gasteiger partial charge in [0.05, 0.1) is 16.1 Å². The molecular formula is C26H27ClF7N3O. The second kappa shape index (κ2) is 11.0. The minimum atomic E-state index is -5.07. The lowest BCUT2D eigenvalue weighted by molar-refractivity contribution is -0.143. The Labute approximate surface area is 220 Å². The molecule has 2 unspecified atom stereocenters. The van der Waals surface area contributed by atoms with Crippen LogP contribution in [0.5, 0.6) is 0 Å². The Morgan fingerprint density at radius 3 is 2.13 bits per heavy atom. The van der Waals surface area contributed by atoms with E-state index in [1.54, 1.807) is 6.07 Å². The molecule has 1 amide bonds. The van der Waals surface area contributed by atoms with E-state index in [-0.39, 0.29) is 17.1 Å². The van der Waals surface area contributed by atoms with Crippen LogP contribution in [0.3, 0.4) is 0 Å². The number of alkyl halides is 6. The summed E-state index contributed by atoms with van der Waals surface area (Å²) in [6.45, 7) is 2.78. The van der Waals surface area contributed by atoms with Gasteiger partial charge in [-0.05, 0) is 68.2 Å². The lowest BCUT2D eigenvalue weighted by Crippen LogP contribution is -2.54. The van der Waals surface area contributed by atoms with Gasteiger partial charge in [0, 0.05) is 43.7 Å². The fourth-order valence-electron chi connectivity index (χ4n) is 5.44. The van der Waals surface area contributed by atoms with Crippen molar-refractivity contribution in [3.63, 3.8) is 0 Å². The Bertz CT molecular complexity index is 1130. The molecule has 2 atom stereocenters. The number of nitrogens with zero attached hydrogens (tertiary/aromatic N) is 2. The second-order valence-corrected chi connectivity index (χ2v) is 10.2. The Balaban J connectivity index is 1.68. The Kier molecular flexibility index (Phi) is 8.30. The van der Waals surface area contributed by atoms with Crippen molar-refractivity contribution >= 4 is 17.5 Å². The van der Waals surface area contributed by atoms with Crippen molar-refractivity contribution in [1.82, 2.24) is 15.1 Å². The zero-order chi connectivity index (χ0) is 27.8. The molecule has 12 heteroatoms. The molecule has 2 aliphatic rings. The highest BCUT2D eigenvalue weighted by molar-refractivity contribution is 6.30. The molecule has 4 rings (SSSR count). The maximum atomic E-state index is 13.9. The molecule has 0 saturated carbocycles. The van der Waals surface area contributed by atoms with E-state index < -0.39 is 52.7 Å². The van der Waals surface area contributed by atoms with E-state index >= 15 is 0 Å². The van der Waals surface area contributed by atoms with Crippen molar-refractivity contribution in [2.45, 2.75) is 49.6 Å². The SMILES string of the molecule is CN(C(=O)c1cc(C(F)(F)F)cc(C(F)(F)F)c1)C1CCN(C2CCNCC2)CC1c1ccc(F)c(Cl)c1. The first kappa shape index (κ1) is 28.6. The highest BCUT2D eigenvalue weighted by Gasteiger charge is 2.40. The summed E-state index contributed by atoms with van der Waals surface area (Å²) in [6, 6.07) is 4.84. The molecule has 0 radical (unpaired) electrons. The van der Waals surface area contributed by atoms with Crippen LogP contribution in [0, 0.1) is 5.82 Å². The number of piperidine rings is 2. The van der Waals surface area contributed by atoms with Crippen LogP contribution in [0.4, 0.5) is 30.7 Å². The average Bonchev–Trinajstić information content (AvgIpc) is 2.88. The zero-order valence-electron chi connectivity index (χ0n) is 20.5. The fourth-order valence-corrected chi connectivity index (χ4v) is 5.62. The third kappa shape index (κ3) is 6.26. The van der Waals surface area contributed by atoms with Gasteiger partial charge in [-0.25, -0.2) is 4.39 Å². The van der Waals surface area contributed by atoms with Gasteiger partial charge in [0.25, 0.3) is 5.91 Å². The number of hydrogen-bond acceptors (Lipinski definition) is 3. The van der Waals surface area contributed by atoms with Gasteiger partial charge >= 0.3 is 12.4 Å². The summed E-state index contributed by atoms with van der Waals surface area (Å²) >= 11 is 6.03. The van der Waals surface area contributed by atoms with Gasteiger partial charge in [-0.15, -0.1) is 0 Å². The summed E-state index contributed by atoms with van der Waals surface area (Å²) < 4.78 is 94.2. The number of likely N-dealkylation sites (tertiary alicyclic amines) is 1. The predicted octanol–water partition coefficient (Wildman–Crippen LogP) is 6.20. The molecule has 0 aliphatic carbocycles. The van der Waals surface area contributed by atoms with Crippen LogP contribution in [0.15, 0.2) is 36.4 Å². The number of benzene rings is 2. The number of amides is 1. The maximum Gasteiger partial charge on any atom is 0.416 e. The van der Waals surface area contributed by atoms with Crippen LogP contribution in [0.25, 0.3) is 0 Å². The molecule has 2 fully saturated rings. The van der Waals surface area contributed by atoms with E-state index in [1.165, 1.54) is 24.1 Å².